The van der Waals surface area contributed by atoms with Crippen LogP contribution in [0.1, 0.15) is 49.4 Å². The number of carbonyl (C=O) groups excluding carboxylic acids is 2. The second-order valence-electron chi connectivity index (χ2n) is 7.62. The maximum Gasteiger partial charge on any atom is 0.410 e. The Labute approximate surface area is 153 Å². The molecule has 1 aliphatic rings. The molecule has 0 spiro atoms. The van der Waals surface area contributed by atoms with Gasteiger partial charge in [0.25, 0.3) is 5.91 Å². The van der Waals surface area contributed by atoms with Gasteiger partial charge in [-0.15, -0.1) is 0 Å². The van der Waals surface area contributed by atoms with Crippen LogP contribution in [0.4, 0.5) is 4.79 Å². The molecule has 2 N–H and O–H groups in total. The van der Waals surface area contributed by atoms with E-state index in [0.29, 0.717) is 18.5 Å². The van der Waals surface area contributed by atoms with Gasteiger partial charge in [-0.1, -0.05) is 0 Å². The highest BCUT2D eigenvalue weighted by molar-refractivity contribution is 5.93. The molecule has 0 aliphatic carbocycles. The second kappa shape index (κ2) is 7.63. The number of nitrogens with one attached hydrogen (secondary N) is 1. The van der Waals surface area contributed by atoms with Gasteiger partial charge in [0.1, 0.15) is 5.60 Å². The zero-order valence-corrected chi connectivity index (χ0v) is 16.4. The zero-order valence-electron chi connectivity index (χ0n) is 16.4. The number of aliphatic hydroxyl groups is 1. The molecule has 146 valence electrons. The minimum Gasteiger partial charge on any atom is -0.444 e. The van der Waals surface area contributed by atoms with Gasteiger partial charge >= 0.3 is 6.09 Å². The summed E-state index contributed by atoms with van der Waals surface area (Å²) in [5.74, 6) is -0.294. The van der Waals surface area contributed by atoms with Gasteiger partial charge < -0.3 is 14.7 Å². The number of hydrogen-bond acceptors (Lipinski definition) is 6. The van der Waals surface area contributed by atoms with E-state index in [2.05, 4.69) is 10.2 Å². The standard InChI is InChI=1S/C17H29N5O4/c1-11-9-13-12(10-22(11)16(25)26-17(2,3)4)14(19-18-13)15(24)21(6)20(5)7-8-23/h11,23H,7-10H2,1-6H3,(H,18,19)/t11-/m1/s1. The average molecular weight is 367 g/mol. The molecule has 9 heteroatoms. The SMILES string of the molecule is C[C@@H]1Cc2[nH]nc(C(=O)N(C)N(C)CCO)c2CN1C(=O)OC(C)(C)C. The van der Waals surface area contributed by atoms with E-state index >= 15 is 0 Å². The Morgan fingerprint density at radius 1 is 1.38 bits per heavy atom. The summed E-state index contributed by atoms with van der Waals surface area (Å²) in [6.45, 7) is 7.95. The molecule has 2 rings (SSSR count). The fraction of sp³-hybridized carbons (Fsp3) is 0.706. The van der Waals surface area contributed by atoms with Crippen molar-refractivity contribution < 1.29 is 19.4 Å². The maximum atomic E-state index is 12.8. The molecule has 26 heavy (non-hydrogen) atoms. The highest BCUT2D eigenvalue weighted by Crippen LogP contribution is 2.26. The number of nitrogens with zero attached hydrogens (tertiary/aromatic N) is 4. The van der Waals surface area contributed by atoms with E-state index in [9.17, 15) is 9.59 Å². The first-order valence-electron chi connectivity index (χ1n) is 8.70. The monoisotopic (exact) mass is 367 g/mol. The number of hydrogen-bond donors (Lipinski definition) is 2. The molecule has 0 radical (unpaired) electrons. The van der Waals surface area contributed by atoms with Crippen molar-refractivity contribution in [3.05, 3.63) is 17.0 Å². The molecule has 0 saturated carbocycles. The van der Waals surface area contributed by atoms with E-state index < -0.39 is 11.7 Å². The van der Waals surface area contributed by atoms with Gasteiger partial charge in [0.2, 0.25) is 0 Å². The molecule has 0 unspecified atom stereocenters. The summed E-state index contributed by atoms with van der Waals surface area (Å²) >= 11 is 0. The lowest BCUT2D eigenvalue weighted by molar-refractivity contribution is 0.0104. The van der Waals surface area contributed by atoms with Gasteiger partial charge in [-0.25, -0.2) is 9.80 Å². The van der Waals surface area contributed by atoms with Gasteiger partial charge in [0.05, 0.1) is 13.2 Å². The van der Waals surface area contributed by atoms with E-state index in [1.54, 1.807) is 24.0 Å². The quantitative estimate of drug-likeness (QED) is 0.770. The molecule has 1 aromatic heterocycles. The van der Waals surface area contributed by atoms with Crippen LogP contribution < -0.4 is 0 Å². The summed E-state index contributed by atoms with van der Waals surface area (Å²) in [6, 6.07) is -0.0597. The number of aromatic amines is 1. The Balaban J connectivity index is 2.22. The number of fused-ring (bicyclic) bond motifs is 1. The highest BCUT2D eigenvalue weighted by atomic mass is 16.6. The number of aliphatic hydroxyl groups excluding tert-OH is 1. The number of H-pyrrole nitrogens is 1. The molecule has 0 saturated heterocycles. The van der Waals surface area contributed by atoms with Crippen LogP contribution in [0.2, 0.25) is 0 Å². The smallest absolute Gasteiger partial charge is 0.410 e. The van der Waals surface area contributed by atoms with Crippen molar-refractivity contribution in [1.82, 2.24) is 25.1 Å². The average Bonchev–Trinajstić information content (AvgIpc) is 2.93. The van der Waals surface area contributed by atoms with E-state index in [4.69, 9.17) is 9.84 Å². The van der Waals surface area contributed by atoms with Crippen LogP contribution in [0, 0.1) is 0 Å². The van der Waals surface area contributed by atoms with Crippen molar-refractivity contribution in [3.63, 3.8) is 0 Å². The summed E-state index contributed by atoms with van der Waals surface area (Å²) in [4.78, 5) is 26.9. The summed E-state index contributed by atoms with van der Waals surface area (Å²) in [5.41, 5.74) is 1.27. The van der Waals surface area contributed by atoms with Crippen LogP contribution in [0.3, 0.4) is 0 Å². The lowest BCUT2D eigenvalue weighted by atomic mass is 10.00. The highest BCUT2D eigenvalue weighted by Gasteiger charge is 2.35. The molecule has 1 atom stereocenters. The first-order chi connectivity index (χ1) is 12.0. The zero-order chi connectivity index (χ0) is 19.6. The van der Waals surface area contributed by atoms with Gasteiger partial charge in [0, 0.05) is 44.4 Å². The van der Waals surface area contributed by atoms with E-state index in [-0.39, 0.29) is 30.8 Å². The third-order valence-electron chi connectivity index (χ3n) is 4.37. The molecular formula is C17H29N5O4. The number of aromatic nitrogens is 2. The molecule has 9 nitrogen and oxygen atoms in total. The number of hydrazine groups is 1. The van der Waals surface area contributed by atoms with Gasteiger partial charge in [-0.3, -0.25) is 14.9 Å². The molecule has 2 amide bonds. The van der Waals surface area contributed by atoms with Crippen molar-refractivity contribution in [1.29, 1.82) is 0 Å². The fourth-order valence-corrected chi connectivity index (χ4v) is 2.82. The van der Waals surface area contributed by atoms with Crippen molar-refractivity contribution >= 4 is 12.0 Å². The fourth-order valence-electron chi connectivity index (χ4n) is 2.82. The first kappa shape index (κ1) is 20.2. The second-order valence-corrected chi connectivity index (χ2v) is 7.62. The number of amides is 2. The number of likely N-dealkylation sites (N-methyl/N-ethyl adjacent to an activating group) is 1. The van der Waals surface area contributed by atoms with E-state index in [1.165, 1.54) is 5.01 Å². The minimum atomic E-state index is -0.584. The molecule has 0 aromatic carbocycles. The van der Waals surface area contributed by atoms with Gasteiger partial charge in [-0.05, 0) is 27.7 Å². The third kappa shape index (κ3) is 4.34. The van der Waals surface area contributed by atoms with Crippen molar-refractivity contribution in [2.45, 2.75) is 52.3 Å². The van der Waals surface area contributed by atoms with Crippen LogP contribution in [0.5, 0.6) is 0 Å². The maximum absolute atomic E-state index is 12.8. The van der Waals surface area contributed by atoms with Crippen LogP contribution in [-0.2, 0) is 17.7 Å². The predicted molar refractivity (Wildman–Crippen MR) is 95.3 cm³/mol. The van der Waals surface area contributed by atoms with Crippen LogP contribution in [0.25, 0.3) is 0 Å². The molecule has 1 aromatic rings. The first-order valence-corrected chi connectivity index (χ1v) is 8.70. The van der Waals surface area contributed by atoms with Crippen LogP contribution in [-0.4, -0.2) is 81.1 Å². The lowest BCUT2D eigenvalue weighted by Crippen LogP contribution is -2.46. The Hall–Kier alpha value is -2.13. The normalized spacial score (nSPS) is 17.2. The number of rotatable bonds is 4. The third-order valence-corrected chi connectivity index (χ3v) is 4.37. The van der Waals surface area contributed by atoms with Gasteiger partial charge in [0.15, 0.2) is 5.69 Å². The number of carbonyl (C=O) groups is 2. The Morgan fingerprint density at radius 3 is 2.62 bits per heavy atom. The molecule has 0 bridgehead atoms. The Bertz CT molecular complexity index is 667. The Kier molecular flexibility index (Phi) is 5.92. The number of ether oxygens (including phenoxy) is 1. The Morgan fingerprint density at radius 2 is 2.04 bits per heavy atom. The summed E-state index contributed by atoms with van der Waals surface area (Å²) < 4.78 is 5.48. The van der Waals surface area contributed by atoms with E-state index in [0.717, 1.165) is 5.69 Å². The molecule has 0 fully saturated rings. The lowest BCUT2D eigenvalue weighted by Gasteiger charge is -2.35. The van der Waals surface area contributed by atoms with Gasteiger partial charge in [-0.2, -0.15) is 5.10 Å². The molecular weight excluding hydrogens is 338 g/mol. The summed E-state index contributed by atoms with van der Waals surface area (Å²) in [6.07, 6.45) is 0.173. The van der Waals surface area contributed by atoms with E-state index in [1.807, 2.05) is 27.7 Å². The molecule has 2 heterocycles. The summed E-state index contributed by atoms with van der Waals surface area (Å²) in [5, 5.41) is 19.2. The minimum absolute atomic E-state index is 0.0588. The predicted octanol–water partition coefficient (Wildman–Crippen LogP) is 1.00. The largest absolute Gasteiger partial charge is 0.444 e. The topological polar surface area (TPSA) is 102 Å². The van der Waals surface area contributed by atoms with Crippen molar-refractivity contribution in [3.8, 4) is 0 Å². The summed E-state index contributed by atoms with van der Waals surface area (Å²) in [7, 11) is 3.33. The van der Waals surface area contributed by atoms with Crippen LogP contribution in [0.15, 0.2) is 0 Å². The van der Waals surface area contributed by atoms with Crippen molar-refractivity contribution in [2.75, 3.05) is 27.2 Å². The van der Waals surface area contributed by atoms with Crippen LogP contribution >= 0.6 is 0 Å². The van der Waals surface area contributed by atoms with Crippen molar-refractivity contribution in [2.24, 2.45) is 0 Å². The molecule has 1 aliphatic heterocycles.